The standard InChI is InChI=1S/C17H22O5/c1-17(2,3)11-16(19)22-13-8-6-12(10-14(13)20-4)7-9-15(18)21-5/h6-10H,11H2,1-5H3/b9-7+. The SMILES string of the molecule is COC(=O)/C=C/c1ccc(OC(=O)CC(C)(C)C)c(OC)c1. The summed E-state index contributed by atoms with van der Waals surface area (Å²) in [5, 5.41) is 0. The monoisotopic (exact) mass is 306 g/mol. The molecular formula is C17H22O5. The van der Waals surface area contributed by atoms with E-state index in [-0.39, 0.29) is 11.4 Å². The predicted molar refractivity (Wildman–Crippen MR) is 83.8 cm³/mol. The van der Waals surface area contributed by atoms with E-state index in [1.807, 2.05) is 20.8 Å². The Morgan fingerprint density at radius 3 is 2.36 bits per heavy atom. The van der Waals surface area contributed by atoms with Gasteiger partial charge in [-0.2, -0.15) is 0 Å². The zero-order valence-electron chi connectivity index (χ0n) is 13.6. The van der Waals surface area contributed by atoms with Gasteiger partial charge in [0.25, 0.3) is 0 Å². The fourth-order valence-electron chi connectivity index (χ4n) is 1.70. The minimum atomic E-state index is -0.445. The van der Waals surface area contributed by atoms with Crippen LogP contribution in [-0.2, 0) is 14.3 Å². The molecule has 0 saturated carbocycles. The van der Waals surface area contributed by atoms with E-state index in [2.05, 4.69) is 4.74 Å². The first-order chi connectivity index (χ1) is 10.2. The first-order valence-corrected chi connectivity index (χ1v) is 6.90. The maximum absolute atomic E-state index is 11.9. The third-order valence-corrected chi connectivity index (χ3v) is 2.70. The first-order valence-electron chi connectivity index (χ1n) is 6.90. The molecule has 0 aliphatic rings. The lowest BCUT2D eigenvalue weighted by Crippen LogP contribution is -2.17. The number of hydrogen-bond acceptors (Lipinski definition) is 5. The molecule has 0 N–H and O–H groups in total. The van der Waals surface area contributed by atoms with Gasteiger partial charge >= 0.3 is 11.9 Å². The number of rotatable bonds is 5. The van der Waals surface area contributed by atoms with Crippen molar-refractivity contribution in [1.29, 1.82) is 0 Å². The van der Waals surface area contributed by atoms with Crippen LogP contribution in [0.3, 0.4) is 0 Å². The van der Waals surface area contributed by atoms with Crippen LogP contribution in [0.4, 0.5) is 0 Å². The fourth-order valence-corrected chi connectivity index (χ4v) is 1.70. The molecule has 1 aromatic carbocycles. The average molecular weight is 306 g/mol. The number of benzene rings is 1. The van der Waals surface area contributed by atoms with Crippen LogP contribution in [0.2, 0.25) is 0 Å². The van der Waals surface area contributed by atoms with Gasteiger partial charge < -0.3 is 14.2 Å². The zero-order valence-corrected chi connectivity index (χ0v) is 13.6. The zero-order chi connectivity index (χ0) is 16.8. The summed E-state index contributed by atoms with van der Waals surface area (Å²) in [6.07, 6.45) is 3.20. The molecule has 0 atom stereocenters. The van der Waals surface area contributed by atoms with Crippen molar-refractivity contribution in [2.75, 3.05) is 14.2 Å². The highest BCUT2D eigenvalue weighted by molar-refractivity contribution is 5.87. The molecule has 0 bridgehead atoms. The van der Waals surface area contributed by atoms with E-state index in [1.54, 1.807) is 24.3 Å². The highest BCUT2D eigenvalue weighted by Gasteiger charge is 2.19. The van der Waals surface area contributed by atoms with Gasteiger partial charge in [-0.15, -0.1) is 0 Å². The molecule has 0 amide bonds. The normalized spacial score (nSPS) is 11.3. The van der Waals surface area contributed by atoms with E-state index in [1.165, 1.54) is 20.3 Å². The Morgan fingerprint density at radius 2 is 1.82 bits per heavy atom. The lowest BCUT2D eigenvalue weighted by atomic mass is 9.92. The van der Waals surface area contributed by atoms with Crippen molar-refractivity contribution in [1.82, 2.24) is 0 Å². The molecule has 0 aliphatic carbocycles. The molecule has 1 aromatic rings. The van der Waals surface area contributed by atoms with Crippen LogP contribution in [0, 0.1) is 5.41 Å². The second kappa shape index (κ2) is 7.64. The van der Waals surface area contributed by atoms with Crippen molar-refractivity contribution in [2.45, 2.75) is 27.2 Å². The Labute approximate surface area is 130 Å². The number of ether oxygens (including phenoxy) is 3. The molecule has 1 rings (SSSR count). The van der Waals surface area contributed by atoms with Gasteiger partial charge in [0, 0.05) is 6.08 Å². The van der Waals surface area contributed by atoms with Gasteiger partial charge in [0.05, 0.1) is 20.6 Å². The Kier molecular flexibility index (Phi) is 6.16. The Bertz CT molecular complexity index is 567. The molecule has 0 saturated heterocycles. The van der Waals surface area contributed by atoms with E-state index in [9.17, 15) is 9.59 Å². The van der Waals surface area contributed by atoms with Crippen LogP contribution >= 0.6 is 0 Å². The molecule has 22 heavy (non-hydrogen) atoms. The summed E-state index contributed by atoms with van der Waals surface area (Å²) in [7, 11) is 2.80. The maximum Gasteiger partial charge on any atom is 0.330 e. The van der Waals surface area contributed by atoms with E-state index in [0.29, 0.717) is 17.9 Å². The van der Waals surface area contributed by atoms with Crippen LogP contribution in [0.5, 0.6) is 11.5 Å². The van der Waals surface area contributed by atoms with E-state index >= 15 is 0 Å². The maximum atomic E-state index is 11.9. The quantitative estimate of drug-likeness (QED) is 0.475. The van der Waals surface area contributed by atoms with Crippen molar-refractivity contribution in [3.63, 3.8) is 0 Å². The fraction of sp³-hybridized carbons (Fsp3) is 0.412. The summed E-state index contributed by atoms with van der Waals surface area (Å²) in [6, 6.07) is 5.04. The van der Waals surface area contributed by atoms with Gasteiger partial charge in [0.15, 0.2) is 11.5 Å². The molecule has 0 fully saturated rings. The van der Waals surface area contributed by atoms with Gasteiger partial charge in [-0.05, 0) is 29.2 Å². The summed E-state index contributed by atoms with van der Waals surface area (Å²) in [5.41, 5.74) is 0.589. The van der Waals surface area contributed by atoms with Crippen LogP contribution in [0.25, 0.3) is 6.08 Å². The Balaban J connectivity index is 2.87. The van der Waals surface area contributed by atoms with E-state index < -0.39 is 5.97 Å². The molecule has 0 aliphatic heterocycles. The summed E-state index contributed by atoms with van der Waals surface area (Å²) >= 11 is 0. The molecule has 5 heteroatoms. The smallest absolute Gasteiger partial charge is 0.330 e. The highest BCUT2D eigenvalue weighted by atomic mass is 16.6. The van der Waals surface area contributed by atoms with Crippen LogP contribution in [0.15, 0.2) is 24.3 Å². The van der Waals surface area contributed by atoms with Crippen LogP contribution in [0.1, 0.15) is 32.8 Å². The summed E-state index contributed by atoms with van der Waals surface area (Å²) in [6.45, 7) is 5.89. The van der Waals surface area contributed by atoms with E-state index in [4.69, 9.17) is 9.47 Å². The second-order valence-electron chi connectivity index (χ2n) is 5.98. The van der Waals surface area contributed by atoms with Crippen molar-refractivity contribution in [3.8, 4) is 11.5 Å². The lowest BCUT2D eigenvalue weighted by molar-refractivity contribution is -0.136. The van der Waals surface area contributed by atoms with Crippen molar-refractivity contribution >= 4 is 18.0 Å². The first kappa shape index (κ1) is 17.8. The van der Waals surface area contributed by atoms with Crippen molar-refractivity contribution < 1.29 is 23.8 Å². The number of methoxy groups -OCH3 is 2. The van der Waals surface area contributed by atoms with Gasteiger partial charge in [-0.25, -0.2) is 4.79 Å². The average Bonchev–Trinajstić information content (AvgIpc) is 2.43. The Hall–Kier alpha value is -2.30. The molecule has 0 unspecified atom stereocenters. The predicted octanol–water partition coefficient (Wildman–Crippen LogP) is 3.22. The topological polar surface area (TPSA) is 61.8 Å². The molecule has 0 spiro atoms. The summed E-state index contributed by atoms with van der Waals surface area (Å²) in [4.78, 5) is 23.0. The molecule has 120 valence electrons. The summed E-state index contributed by atoms with van der Waals surface area (Å²) in [5.74, 6) is 0.0181. The highest BCUT2D eigenvalue weighted by Crippen LogP contribution is 2.30. The third kappa shape index (κ3) is 5.99. The molecule has 5 nitrogen and oxygen atoms in total. The van der Waals surface area contributed by atoms with Gasteiger partial charge in [0.2, 0.25) is 0 Å². The minimum absolute atomic E-state index is 0.145. The largest absolute Gasteiger partial charge is 0.493 e. The third-order valence-electron chi connectivity index (χ3n) is 2.70. The number of carbonyl (C=O) groups excluding carboxylic acids is 2. The van der Waals surface area contributed by atoms with Gasteiger partial charge in [-0.3, -0.25) is 4.79 Å². The molecule has 0 heterocycles. The van der Waals surface area contributed by atoms with Gasteiger partial charge in [-0.1, -0.05) is 26.8 Å². The molecule has 0 aromatic heterocycles. The van der Waals surface area contributed by atoms with Crippen molar-refractivity contribution in [3.05, 3.63) is 29.8 Å². The van der Waals surface area contributed by atoms with Crippen LogP contribution < -0.4 is 9.47 Å². The minimum Gasteiger partial charge on any atom is -0.493 e. The van der Waals surface area contributed by atoms with E-state index in [0.717, 1.165) is 5.56 Å². The Morgan fingerprint density at radius 1 is 1.14 bits per heavy atom. The summed E-state index contributed by atoms with van der Waals surface area (Å²) < 4.78 is 15.1. The van der Waals surface area contributed by atoms with Gasteiger partial charge in [0.1, 0.15) is 0 Å². The molecule has 0 radical (unpaired) electrons. The van der Waals surface area contributed by atoms with Crippen LogP contribution in [-0.4, -0.2) is 26.2 Å². The number of carbonyl (C=O) groups is 2. The number of esters is 2. The number of hydrogen-bond donors (Lipinski definition) is 0. The van der Waals surface area contributed by atoms with Crippen molar-refractivity contribution in [2.24, 2.45) is 5.41 Å². The lowest BCUT2D eigenvalue weighted by Gasteiger charge is -2.17. The second-order valence-corrected chi connectivity index (χ2v) is 5.98. The molecular weight excluding hydrogens is 284 g/mol.